The Morgan fingerprint density at radius 3 is 2.65 bits per heavy atom. The molecular weight excluding hydrogens is 291 g/mol. The number of rotatable bonds is 7. The zero-order chi connectivity index (χ0) is 15.3. The van der Waals surface area contributed by atoms with Crippen LogP contribution in [0.2, 0.25) is 0 Å². The number of nitrogens with zero attached hydrogens (tertiary/aromatic N) is 2. The predicted octanol–water partition coefficient (Wildman–Crippen LogP) is 0.903. The Labute approximate surface area is 115 Å². The number of nitro benzene ring substituents is 1. The summed E-state index contributed by atoms with van der Waals surface area (Å²) in [5.41, 5.74) is -0.923. The second kappa shape index (κ2) is 6.55. The van der Waals surface area contributed by atoms with Crippen molar-refractivity contribution in [3.05, 3.63) is 46.8 Å². The quantitative estimate of drug-likeness (QED) is 0.458. The largest absolute Gasteiger partial charge is 0.395 e. The van der Waals surface area contributed by atoms with Crippen molar-refractivity contribution in [2.75, 3.05) is 19.7 Å². The maximum Gasteiger partial charge on any atom is 0.306 e. The lowest BCUT2D eigenvalue weighted by molar-refractivity contribution is -0.387. The Hall–Kier alpha value is -1.84. The van der Waals surface area contributed by atoms with Crippen molar-refractivity contribution < 1.29 is 22.8 Å². The Morgan fingerprint density at radius 1 is 1.50 bits per heavy atom. The topological polar surface area (TPSA) is 101 Å². The van der Waals surface area contributed by atoms with Gasteiger partial charge in [0.25, 0.3) is 0 Å². The summed E-state index contributed by atoms with van der Waals surface area (Å²) in [6.45, 7) is 2.70. The highest BCUT2D eigenvalue weighted by Gasteiger charge is 2.26. The van der Waals surface area contributed by atoms with Gasteiger partial charge in [-0.15, -0.1) is 6.58 Å². The highest BCUT2D eigenvalue weighted by molar-refractivity contribution is 7.89. The molecule has 20 heavy (non-hydrogen) atoms. The minimum Gasteiger partial charge on any atom is -0.395 e. The first-order valence-corrected chi connectivity index (χ1v) is 6.94. The van der Waals surface area contributed by atoms with Gasteiger partial charge in [0.15, 0.2) is 0 Å². The lowest BCUT2D eigenvalue weighted by Crippen LogP contribution is -2.33. The average Bonchev–Trinajstić information content (AvgIpc) is 2.38. The predicted molar refractivity (Wildman–Crippen MR) is 69.1 cm³/mol. The third-order valence-corrected chi connectivity index (χ3v) is 4.30. The van der Waals surface area contributed by atoms with Crippen LogP contribution in [0.15, 0.2) is 35.7 Å². The van der Waals surface area contributed by atoms with E-state index in [2.05, 4.69) is 6.58 Å². The van der Waals surface area contributed by atoms with Crippen LogP contribution < -0.4 is 0 Å². The van der Waals surface area contributed by atoms with E-state index in [0.29, 0.717) is 6.07 Å². The number of halogens is 1. The number of sulfonamides is 1. The highest BCUT2D eigenvalue weighted by Crippen LogP contribution is 2.23. The molecule has 0 fully saturated rings. The number of benzene rings is 1. The lowest BCUT2D eigenvalue weighted by atomic mass is 10.3. The summed E-state index contributed by atoms with van der Waals surface area (Å²) >= 11 is 0. The van der Waals surface area contributed by atoms with Gasteiger partial charge in [-0.25, -0.2) is 8.42 Å². The van der Waals surface area contributed by atoms with Crippen molar-refractivity contribution >= 4 is 15.7 Å². The van der Waals surface area contributed by atoms with Gasteiger partial charge < -0.3 is 5.11 Å². The van der Waals surface area contributed by atoms with E-state index in [1.807, 2.05) is 0 Å². The van der Waals surface area contributed by atoms with Crippen molar-refractivity contribution in [2.45, 2.75) is 4.90 Å². The van der Waals surface area contributed by atoms with Crippen LogP contribution in [0.5, 0.6) is 0 Å². The summed E-state index contributed by atoms with van der Waals surface area (Å²) in [4.78, 5) is 9.21. The minimum absolute atomic E-state index is 0.0753. The second-order valence-electron chi connectivity index (χ2n) is 3.75. The molecule has 0 radical (unpaired) electrons. The number of nitro groups is 1. The van der Waals surface area contributed by atoms with E-state index >= 15 is 0 Å². The molecule has 0 bridgehead atoms. The zero-order valence-electron chi connectivity index (χ0n) is 10.4. The second-order valence-corrected chi connectivity index (χ2v) is 5.68. The van der Waals surface area contributed by atoms with E-state index in [1.165, 1.54) is 6.08 Å². The molecule has 0 saturated carbocycles. The molecule has 7 nitrogen and oxygen atoms in total. The Kier molecular flexibility index (Phi) is 5.31. The first-order chi connectivity index (χ1) is 9.34. The fourth-order valence-corrected chi connectivity index (χ4v) is 2.93. The summed E-state index contributed by atoms with van der Waals surface area (Å²) < 4.78 is 38.5. The van der Waals surface area contributed by atoms with Gasteiger partial charge in [0, 0.05) is 19.2 Å². The molecular formula is C11H13FN2O5S. The highest BCUT2D eigenvalue weighted by atomic mass is 32.2. The molecule has 1 rings (SSSR count). The third-order valence-electron chi connectivity index (χ3n) is 2.43. The van der Waals surface area contributed by atoms with Gasteiger partial charge in [-0.05, 0) is 12.1 Å². The maximum atomic E-state index is 13.2. The maximum absolute atomic E-state index is 13.2. The van der Waals surface area contributed by atoms with Crippen LogP contribution in [0.25, 0.3) is 0 Å². The molecule has 0 aliphatic heterocycles. The van der Waals surface area contributed by atoms with Gasteiger partial charge in [-0.3, -0.25) is 10.1 Å². The van der Waals surface area contributed by atoms with Crippen LogP contribution in [0.3, 0.4) is 0 Å². The van der Waals surface area contributed by atoms with Crippen molar-refractivity contribution in [3.63, 3.8) is 0 Å². The van der Waals surface area contributed by atoms with E-state index in [4.69, 9.17) is 5.11 Å². The Morgan fingerprint density at radius 2 is 2.15 bits per heavy atom. The van der Waals surface area contributed by atoms with E-state index in [1.54, 1.807) is 0 Å². The van der Waals surface area contributed by atoms with Gasteiger partial charge in [-0.1, -0.05) is 6.08 Å². The summed E-state index contributed by atoms with van der Waals surface area (Å²) in [7, 11) is -4.07. The summed E-state index contributed by atoms with van der Waals surface area (Å²) in [5, 5.41) is 19.5. The van der Waals surface area contributed by atoms with E-state index in [-0.39, 0.29) is 13.1 Å². The minimum atomic E-state index is -4.07. The van der Waals surface area contributed by atoms with E-state index < -0.39 is 38.0 Å². The molecule has 0 heterocycles. The number of hydrogen-bond donors (Lipinski definition) is 1. The normalized spacial score (nSPS) is 11.6. The van der Waals surface area contributed by atoms with Crippen LogP contribution in [0.1, 0.15) is 0 Å². The van der Waals surface area contributed by atoms with Crippen molar-refractivity contribution in [1.29, 1.82) is 0 Å². The van der Waals surface area contributed by atoms with Gasteiger partial charge in [-0.2, -0.15) is 8.70 Å². The fourth-order valence-electron chi connectivity index (χ4n) is 1.51. The molecule has 9 heteroatoms. The van der Waals surface area contributed by atoms with E-state index in [9.17, 15) is 22.9 Å². The van der Waals surface area contributed by atoms with Crippen LogP contribution in [-0.2, 0) is 10.0 Å². The molecule has 0 aliphatic rings. The molecule has 0 spiro atoms. The number of aliphatic hydroxyl groups excluding tert-OH is 1. The molecule has 110 valence electrons. The monoisotopic (exact) mass is 304 g/mol. The van der Waals surface area contributed by atoms with Crippen LogP contribution in [0.4, 0.5) is 10.1 Å². The fraction of sp³-hybridized carbons (Fsp3) is 0.273. The van der Waals surface area contributed by atoms with Crippen molar-refractivity contribution in [1.82, 2.24) is 4.31 Å². The summed E-state index contributed by atoms with van der Waals surface area (Å²) in [6.07, 6.45) is 1.31. The van der Waals surface area contributed by atoms with Crippen molar-refractivity contribution in [3.8, 4) is 0 Å². The molecule has 1 N–H and O–H groups in total. The molecule has 0 saturated heterocycles. The van der Waals surface area contributed by atoms with Gasteiger partial charge in [0.1, 0.15) is 0 Å². The first kappa shape index (κ1) is 16.2. The standard InChI is InChI=1S/C11H13FN2O5S/c1-2-5-13(6-7-15)20(18,19)9-3-4-10(12)11(8-9)14(16)17/h2-4,8,15H,1,5-7H2. The van der Waals surface area contributed by atoms with Crippen LogP contribution >= 0.6 is 0 Å². The van der Waals surface area contributed by atoms with Crippen LogP contribution in [-0.4, -0.2) is 42.4 Å². The Bertz CT molecular complexity index is 617. The smallest absolute Gasteiger partial charge is 0.306 e. The van der Waals surface area contributed by atoms with Gasteiger partial charge >= 0.3 is 5.69 Å². The number of hydrogen-bond acceptors (Lipinski definition) is 5. The SMILES string of the molecule is C=CCN(CCO)S(=O)(=O)c1ccc(F)c([N+](=O)[O-])c1. The molecule has 0 unspecified atom stereocenters. The third kappa shape index (κ3) is 3.38. The van der Waals surface area contributed by atoms with Gasteiger partial charge in [0.2, 0.25) is 15.8 Å². The molecule has 0 aliphatic carbocycles. The lowest BCUT2D eigenvalue weighted by Gasteiger charge is -2.19. The first-order valence-electron chi connectivity index (χ1n) is 5.50. The summed E-state index contributed by atoms with van der Waals surface area (Å²) in [5.74, 6) is -1.12. The van der Waals surface area contributed by atoms with Gasteiger partial charge in [0.05, 0.1) is 16.4 Å². The zero-order valence-corrected chi connectivity index (χ0v) is 11.2. The molecule has 1 aromatic rings. The average molecular weight is 304 g/mol. The van der Waals surface area contributed by atoms with E-state index in [0.717, 1.165) is 16.4 Å². The molecule has 0 amide bonds. The number of aliphatic hydroxyl groups is 1. The van der Waals surface area contributed by atoms with Crippen molar-refractivity contribution in [2.24, 2.45) is 0 Å². The molecule has 0 atom stereocenters. The van der Waals surface area contributed by atoms with Crippen LogP contribution in [0, 0.1) is 15.9 Å². The Balaban J connectivity index is 3.30. The molecule has 1 aromatic carbocycles. The summed E-state index contributed by atoms with van der Waals surface area (Å²) in [6, 6.07) is 2.30. The molecule has 0 aromatic heterocycles.